The summed E-state index contributed by atoms with van der Waals surface area (Å²) in [6.45, 7) is 1.37. The molecule has 0 aliphatic rings. The van der Waals surface area contributed by atoms with Crippen molar-refractivity contribution in [1.82, 2.24) is 0 Å². The van der Waals surface area contributed by atoms with Crippen LogP contribution in [0.15, 0.2) is 36.4 Å². The lowest BCUT2D eigenvalue weighted by Crippen LogP contribution is -2.15. The zero-order valence-electron chi connectivity index (χ0n) is 11.1. The van der Waals surface area contributed by atoms with E-state index in [1.54, 1.807) is 13.0 Å². The first kappa shape index (κ1) is 14.7. The molecule has 108 valence electrons. The Balaban J connectivity index is 2.35. The fraction of sp³-hybridized carbons (Fsp3) is 0.333. The Hall–Kier alpha value is -1.75. The number of benzene rings is 2. The van der Waals surface area contributed by atoms with E-state index in [0.29, 0.717) is 11.3 Å². The van der Waals surface area contributed by atoms with Gasteiger partial charge in [0.25, 0.3) is 0 Å². The van der Waals surface area contributed by atoms with Gasteiger partial charge >= 0.3 is 6.18 Å². The van der Waals surface area contributed by atoms with E-state index in [1.165, 1.54) is 0 Å². The fourth-order valence-electron chi connectivity index (χ4n) is 2.05. The van der Waals surface area contributed by atoms with E-state index in [9.17, 15) is 13.2 Å². The molecule has 0 aromatic heterocycles. The summed E-state index contributed by atoms with van der Waals surface area (Å²) in [5.74, 6) is 0.447. The average molecular weight is 283 g/mol. The molecule has 1 atom stereocenters. The van der Waals surface area contributed by atoms with Crippen LogP contribution in [0.1, 0.15) is 24.9 Å². The summed E-state index contributed by atoms with van der Waals surface area (Å²) in [6, 6.07) is 10.8. The molecule has 5 heteroatoms. The number of halogens is 3. The van der Waals surface area contributed by atoms with Crippen molar-refractivity contribution < 1.29 is 17.9 Å². The Labute approximate surface area is 115 Å². The van der Waals surface area contributed by atoms with Gasteiger partial charge in [-0.15, -0.1) is 0 Å². The van der Waals surface area contributed by atoms with Crippen LogP contribution in [0.2, 0.25) is 0 Å². The largest absolute Gasteiger partial charge is 0.492 e. The minimum atomic E-state index is -4.22. The van der Waals surface area contributed by atoms with E-state index in [0.717, 1.165) is 10.8 Å². The van der Waals surface area contributed by atoms with Crippen LogP contribution < -0.4 is 10.5 Å². The fourth-order valence-corrected chi connectivity index (χ4v) is 2.05. The van der Waals surface area contributed by atoms with Crippen LogP contribution in [0, 0.1) is 0 Å². The van der Waals surface area contributed by atoms with Crippen molar-refractivity contribution in [2.75, 3.05) is 6.61 Å². The molecule has 0 fully saturated rings. The number of fused-ring (bicyclic) bond motifs is 1. The number of rotatable bonds is 4. The Morgan fingerprint density at radius 1 is 1.15 bits per heavy atom. The van der Waals surface area contributed by atoms with Crippen molar-refractivity contribution in [3.8, 4) is 5.75 Å². The molecule has 0 saturated heterocycles. The summed E-state index contributed by atoms with van der Waals surface area (Å²) < 4.78 is 42.1. The molecule has 1 unspecified atom stereocenters. The van der Waals surface area contributed by atoms with Crippen LogP contribution in [-0.4, -0.2) is 12.8 Å². The molecule has 0 radical (unpaired) electrons. The number of ether oxygens (including phenoxy) is 1. The highest BCUT2D eigenvalue weighted by atomic mass is 19.4. The second kappa shape index (κ2) is 5.71. The van der Waals surface area contributed by atoms with Gasteiger partial charge in [0, 0.05) is 17.0 Å². The molecule has 0 aliphatic carbocycles. The van der Waals surface area contributed by atoms with Gasteiger partial charge < -0.3 is 10.5 Å². The molecule has 0 spiro atoms. The number of nitrogens with two attached hydrogens (primary N) is 1. The Bertz CT molecular complexity index is 593. The van der Waals surface area contributed by atoms with Crippen LogP contribution in [-0.2, 0) is 0 Å². The summed E-state index contributed by atoms with van der Waals surface area (Å²) in [4.78, 5) is 0. The second-order valence-corrected chi connectivity index (χ2v) is 4.71. The normalized spacial score (nSPS) is 13.4. The lowest BCUT2D eigenvalue weighted by molar-refractivity contribution is -0.139. The van der Waals surface area contributed by atoms with Crippen LogP contribution >= 0.6 is 0 Å². The van der Waals surface area contributed by atoms with Crippen molar-refractivity contribution in [2.24, 2.45) is 5.73 Å². The van der Waals surface area contributed by atoms with Crippen molar-refractivity contribution >= 4 is 10.8 Å². The van der Waals surface area contributed by atoms with Gasteiger partial charge in [0.05, 0.1) is 13.0 Å². The molecule has 2 rings (SSSR count). The number of hydrogen-bond donors (Lipinski definition) is 1. The monoisotopic (exact) mass is 283 g/mol. The van der Waals surface area contributed by atoms with Crippen molar-refractivity contribution in [3.05, 3.63) is 42.0 Å². The third-order valence-corrected chi connectivity index (χ3v) is 3.03. The standard InChI is InChI=1S/C15H16F3NO/c1-10(19)12-7-6-11-4-2-3-5-13(11)14(12)20-9-8-15(16,17)18/h2-7,10H,8-9,19H2,1H3. The van der Waals surface area contributed by atoms with E-state index in [1.807, 2.05) is 30.3 Å². The molecular formula is C15H16F3NO. The van der Waals surface area contributed by atoms with Gasteiger partial charge in [0.1, 0.15) is 5.75 Å². The van der Waals surface area contributed by atoms with Gasteiger partial charge in [-0.05, 0) is 12.3 Å². The maximum atomic E-state index is 12.2. The molecule has 2 aromatic rings. The molecule has 0 heterocycles. The topological polar surface area (TPSA) is 35.2 Å². The molecule has 2 nitrogen and oxygen atoms in total. The molecule has 20 heavy (non-hydrogen) atoms. The molecule has 2 N–H and O–H groups in total. The van der Waals surface area contributed by atoms with E-state index in [2.05, 4.69) is 0 Å². The van der Waals surface area contributed by atoms with Crippen LogP contribution in [0.5, 0.6) is 5.75 Å². The van der Waals surface area contributed by atoms with Gasteiger partial charge in [-0.1, -0.05) is 36.4 Å². The summed E-state index contributed by atoms with van der Waals surface area (Å²) in [5, 5.41) is 1.70. The first-order chi connectivity index (χ1) is 9.38. The van der Waals surface area contributed by atoms with Gasteiger partial charge in [0.15, 0.2) is 0 Å². The number of alkyl halides is 3. The third-order valence-electron chi connectivity index (χ3n) is 3.03. The van der Waals surface area contributed by atoms with E-state index >= 15 is 0 Å². The average Bonchev–Trinajstić information content (AvgIpc) is 2.37. The molecule has 0 saturated carbocycles. The predicted molar refractivity (Wildman–Crippen MR) is 72.7 cm³/mol. The van der Waals surface area contributed by atoms with Gasteiger partial charge in [0.2, 0.25) is 0 Å². The van der Waals surface area contributed by atoms with E-state index in [4.69, 9.17) is 10.5 Å². The van der Waals surface area contributed by atoms with Crippen molar-refractivity contribution in [1.29, 1.82) is 0 Å². The zero-order valence-corrected chi connectivity index (χ0v) is 11.1. The molecule has 0 bridgehead atoms. The van der Waals surface area contributed by atoms with Gasteiger partial charge in [-0.2, -0.15) is 13.2 Å². The highest BCUT2D eigenvalue weighted by Crippen LogP contribution is 2.33. The zero-order chi connectivity index (χ0) is 14.8. The third kappa shape index (κ3) is 3.42. The Morgan fingerprint density at radius 2 is 1.85 bits per heavy atom. The lowest BCUT2D eigenvalue weighted by Gasteiger charge is -2.17. The quantitative estimate of drug-likeness (QED) is 0.913. The maximum absolute atomic E-state index is 12.2. The number of hydrogen-bond acceptors (Lipinski definition) is 2. The molecule has 0 aliphatic heterocycles. The predicted octanol–water partition coefficient (Wildman–Crippen LogP) is 4.19. The van der Waals surface area contributed by atoms with Gasteiger partial charge in [-0.3, -0.25) is 0 Å². The second-order valence-electron chi connectivity index (χ2n) is 4.71. The minimum Gasteiger partial charge on any atom is -0.492 e. The first-order valence-electron chi connectivity index (χ1n) is 6.35. The lowest BCUT2D eigenvalue weighted by atomic mass is 10.0. The Morgan fingerprint density at radius 3 is 2.50 bits per heavy atom. The van der Waals surface area contributed by atoms with Crippen molar-refractivity contribution in [2.45, 2.75) is 25.6 Å². The highest BCUT2D eigenvalue weighted by molar-refractivity contribution is 5.89. The maximum Gasteiger partial charge on any atom is 0.392 e. The van der Waals surface area contributed by atoms with Crippen LogP contribution in [0.3, 0.4) is 0 Å². The highest BCUT2D eigenvalue weighted by Gasteiger charge is 2.27. The minimum absolute atomic E-state index is 0.305. The van der Waals surface area contributed by atoms with Crippen LogP contribution in [0.25, 0.3) is 10.8 Å². The first-order valence-corrected chi connectivity index (χ1v) is 6.35. The van der Waals surface area contributed by atoms with E-state index < -0.39 is 19.2 Å². The summed E-state index contributed by atoms with van der Waals surface area (Å²) in [7, 11) is 0. The van der Waals surface area contributed by atoms with E-state index in [-0.39, 0.29) is 6.04 Å². The summed E-state index contributed by atoms with van der Waals surface area (Å²) in [6.07, 6.45) is -5.20. The van der Waals surface area contributed by atoms with Crippen molar-refractivity contribution in [3.63, 3.8) is 0 Å². The van der Waals surface area contributed by atoms with Crippen LogP contribution in [0.4, 0.5) is 13.2 Å². The summed E-state index contributed by atoms with van der Waals surface area (Å²) in [5.41, 5.74) is 6.57. The SMILES string of the molecule is CC(N)c1ccc2ccccc2c1OCCC(F)(F)F. The molecular weight excluding hydrogens is 267 g/mol. The molecule has 2 aromatic carbocycles. The molecule has 0 amide bonds. The summed E-state index contributed by atoms with van der Waals surface area (Å²) >= 11 is 0. The van der Waals surface area contributed by atoms with Gasteiger partial charge in [-0.25, -0.2) is 0 Å². The smallest absolute Gasteiger partial charge is 0.392 e. The Kier molecular flexibility index (Phi) is 4.18.